The topological polar surface area (TPSA) is 20.2 Å². The van der Waals surface area contributed by atoms with E-state index in [9.17, 15) is 0 Å². The number of aliphatic hydroxyl groups excluding tert-OH is 1. The third-order valence-electron chi connectivity index (χ3n) is 2.15. The summed E-state index contributed by atoms with van der Waals surface area (Å²) in [6.45, 7) is 2.48. The molecule has 0 aliphatic carbocycles. The molecule has 0 aliphatic rings. The molecule has 0 spiro atoms. The Bertz CT molecular complexity index is 260. The Labute approximate surface area is 90.5 Å². The van der Waals surface area contributed by atoms with Crippen LogP contribution in [-0.4, -0.2) is 17.5 Å². The number of rotatable bonds is 6. The van der Waals surface area contributed by atoms with Crippen LogP contribution in [0, 0.1) is 6.92 Å². The molecule has 0 amide bonds. The van der Waals surface area contributed by atoms with Gasteiger partial charge in [-0.05, 0) is 37.1 Å². The van der Waals surface area contributed by atoms with E-state index in [1.807, 2.05) is 11.8 Å². The molecule has 1 aromatic rings. The lowest BCUT2D eigenvalue weighted by molar-refractivity contribution is 0.284. The second-order valence-electron chi connectivity index (χ2n) is 3.40. The summed E-state index contributed by atoms with van der Waals surface area (Å²) in [7, 11) is 0. The first kappa shape index (κ1) is 11.6. The Hall–Kier alpha value is -0.470. The number of aryl methyl sites for hydroxylation is 1. The van der Waals surface area contributed by atoms with Crippen LogP contribution in [0.3, 0.4) is 0 Å². The molecule has 1 nitrogen and oxygen atoms in total. The third-order valence-corrected chi connectivity index (χ3v) is 3.42. The second-order valence-corrected chi connectivity index (χ2v) is 4.53. The van der Waals surface area contributed by atoms with Crippen molar-refractivity contribution >= 4 is 11.8 Å². The van der Waals surface area contributed by atoms with Gasteiger partial charge in [-0.2, -0.15) is 0 Å². The molecule has 0 bridgehead atoms. The molecule has 1 rings (SSSR count). The van der Waals surface area contributed by atoms with E-state index >= 15 is 0 Å². The first-order valence-corrected chi connectivity index (χ1v) is 6.12. The van der Waals surface area contributed by atoms with Crippen LogP contribution in [0.2, 0.25) is 0 Å². The minimum Gasteiger partial charge on any atom is -0.396 e. The Morgan fingerprint density at radius 3 is 2.64 bits per heavy atom. The summed E-state index contributed by atoms with van der Waals surface area (Å²) >= 11 is 1.92. The molecule has 1 N–H and O–H groups in total. The Morgan fingerprint density at radius 2 is 1.93 bits per heavy atom. The third kappa shape index (κ3) is 4.16. The van der Waals surface area contributed by atoms with Gasteiger partial charge in [0.15, 0.2) is 0 Å². The van der Waals surface area contributed by atoms with Crippen LogP contribution in [0.15, 0.2) is 29.2 Å². The Morgan fingerprint density at radius 1 is 1.14 bits per heavy atom. The SMILES string of the molecule is Cc1ccccc1SCCCCCO. The van der Waals surface area contributed by atoms with Gasteiger partial charge in [-0.25, -0.2) is 0 Å². The molecule has 1 aromatic carbocycles. The predicted octanol–water partition coefficient (Wildman–Crippen LogP) is 3.25. The zero-order valence-electron chi connectivity index (χ0n) is 8.70. The van der Waals surface area contributed by atoms with Gasteiger partial charge < -0.3 is 5.11 Å². The second kappa shape index (κ2) is 6.91. The van der Waals surface area contributed by atoms with Crippen molar-refractivity contribution in [1.82, 2.24) is 0 Å². The molecule has 0 saturated carbocycles. The highest BCUT2D eigenvalue weighted by atomic mass is 32.2. The largest absolute Gasteiger partial charge is 0.396 e. The van der Waals surface area contributed by atoms with E-state index in [0.717, 1.165) is 18.6 Å². The van der Waals surface area contributed by atoms with Crippen molar-refractivity contribution in [3.8, 4) is 0 Å². The number of hydrogen-bond donors (Lipinski definition) is 1. The van der Waals surface area contributed by atoms with Gasteiger partial charge in [-0.15, -0.1) is 11.8 Å². The molecule has 14 heavy (non-hydrogen) atoms. The first-order valence-electron chi connectivity index (χ1n) is 5.14. The summed E-state index contributed by atoms with van der Waals surface area (Å²) in [5, 5.41) is 8.62. The lowest BCUT2D eigenvalue weighted by atomic mass is 10.2. The zero-order chi connectivity index (χ0) is 10.2. The van der Waals surface area contributed by atoms with Crippen LogP contribution >= 0.6 is 11.8 Å². The summed E-state index contributed by atoms with van der Waals surface area (Å²) < 4.78 is 0. The van der Waals surface area contributed by atoms with Crippen LogP contribution in [0.4, 0.5) is 0 Å². The lowest BCUT2D eigenvalue weighted by Gasteiger charge is -2.04. The average Bonchev–Trinajstić information content (AvgIpc) is 2.20. The van der Waals surface area contributed by atoms with Crippen molar-refractivity contribution in [3.05, 3.63) is 29.8 Å². The molecule has 0 heterocycles. The van der Waals surface area contributed by atoms with E-state index < -0.39 is 0 Å². The molecule has 0 saturated heterocycles. The van der Waals surface area contributed by atoms with Crippen molar-refractivity contribution in [2.45, 2.75) is 31.1 Å². The summed E-state index contributed by atoms with van der Waals surface area (Å²) in [6.07, 6.45) is 3.27. The number of aliphatic hydroxyl groups is 1. The van der Waals surface area contributed by atoms with Crippen LogP contribution in [0.25, 0.3) is 0 Å². The lowest BCUT2D eigenvalue weighted by Crippen LogP contribution is -1.86. The fourth-order valence-electron chi connectivity index (χ4n) is 1.29. The van der Waals surface area contributed by atoms with Crippen LogP contribution in [0.1, 0.15) is 24.8 Å². The van der Waals surface area contributed by atoms with Gasteiger partial charge in [0.2, 0.25) is 0 Å². The van der Waals surface area contributed by atoms with Gasteiger partial charge in [-0.3, -0.25) is 0 Å². The highest BCUT2D eigenvalue weighted by Gasteiger charge is 1.96. The van der Waals surface area contributed by atoms with Crippen molar-refractivity contribution in [2.24, 2.45) is 0 Å². The summed E-state index contributed by atoms with van der Waals surface area (Å²) in [6, 6.07) is 8.48. The number of thioether (sulfide) groups is 1. The first-order chi connectivity index (χ1) is 6.84. The number of benzene rings is 1. The van der Waals surface area contributed by atoms with E-state index in [1.54, 1.807) is 0 Å². The normalized spacial score (nSPS) is 10.4. The minimum atomic E-state index is 0.328. The molecule has 0 aliphatic heterocycles. The van der Waals surface area contributed by atoms with Crippen molar-refractivity contribution in [2.75, 3.05) is 12.4 Å². The smallest absolute Gasteiger partial charge is 0.0431 e. The van der Waals surface area contributed by atoms with Gasteiger partial charge in [0.1, 0.15) is 0 Å². The molecule has 0 fully saturated rings. The molecular weight excluding hydrogens is 192 g/mol. The van der Waals surface area contributed by atoms with E-state index in [0.29, 0.717) is 6.61 Å². The fourth-order valence-corrected chi connectivity index (χ4v) is 2.33. The van der Waals surface area contributed by atoms with Crippen LogP contribution in [0.5, 0.6) is 0 Å². The van der Waals surface area contributed by atoms with Gasteiger partial charge >= 0.3 is 0 Å². The van der Waals surface area contributed by atoms with E-state index in [4.69, 9.17) is 5.11 Å². The Kier molecular flexibility index (Phi) is 5.72. The molecule has 78 valence electrons. The monoisotopic (exact) mass is 210 g/mol. The highest BCUT2D eigenvalue weighted by Crippen LogP contribution is 2.22. The molecule has 2 heteroatoms. The maximum Gasteiger partial charge on any atom is 0.0431 e. The summed E-state index contributed by atoms with van der Waals surface area (Å²) in [5.41, 5.74) is 1.36. The molecular formula is C12H18OS. The highest BCUT2D eigenvalue weighted by molar-refractivity contribution is 7.99. The molecule has 0 radical (unpaired) electrons. The van der Waals surface area contributed by atoms with Crippen molar-refractivity contribution in [1.29, 1.82) is 0 Å². The maximum absolute atomic E-state index is 8.62. The summed E-state index contributed by atoms with van der Waals surface area (Å²) in [4.78, 5) is 1.39. The van der Waals surface area contributed by atoms with Gasteiger partial charge in [0, 0.05) is 11.5 Å². The quantitative estimate of drug-likeness (QED) is 0.574. The van der Waals surface area contributed by atoms with Crippen LogP contribution in [-0.2, 0) is 0 Å². The standard InChI is InChI=1S/C12H18OS/c1-11-7-3-4-8-12(11)14-10-6-2-5-9-13/h3-4,7-8,13H,2,5-6,9-10H2,1H3. The Balaban J connectivity index is 2.21. The van der Waals surface area contributed by atoms with E-state index in [-0.39, 0.29) is 0 Å². The fraction of sp³-hybridized carbons (Fsp3) is 0.500. The van der Waals surface area contributed by atoms with Gasteiger partial charge in [0.05, 0.1) is 0 Å². The predicted molar refractivity (Wildman–Crippen MR) is 62.8 cm³/mol. The minimum absolute atomic E-state index is 0.328. The summed E-state index contributed by atoms with van der Waals surface area (Å²) in [5.74, 6) is 1.16. The van der Waals surface area contributed by atoms with E-state index in [2.05, 4.69) is 31.2 Å². The molecule has 0 unspecified atom stereocenters. The molecule has 0 aromatic heterocycles. The zero-order valence-corrected chi connectivity index (χ0v) is 9.52. The van der Waals surface area contributed by atoms with Crippen molar-refractivity contribution < 1.29 is 5.11 Å². The van der Waals surface area contributed by atoms with Crippen LogP contribution < -0.4 is 0 Å². The van der Waals surface area contributed by atoms with Crippen molar-refractivity contribution in [3.63, 3.8) is 0 Å². The van der Waals surface area contributed by atoms with E-state index in [1.165, 1.54) is 16.9 Å². The average molecular weight is 210 g/mol. The molecule has 0 atom stereocenters. The number of hydrogen-bond acceptors (Lipinski definition) is 2. The maximum atomic E-state index is 8.62. The number of unbranched alkanes of at least 4 members (excludes halogenated alkanes) is 2. The van der Waals surface area contributed by atoms with Gasteiger partial charge in [-0.1, -0.05) is 24.6 Å². The van der Waals surface area contributed by atoms with Gasteiger partial charge in [0.25, 0.3) is 0 Å².